The highest BCUT2D eigenvalue weighted by molar-refractivity contribution is 5.63. The number of epoxide rings is 1. The van der Waals surface area contributed by atoms with E-state index in [1.54, 1.807) is 19.2 Å². The molecule has 2 N–H and O–H groups in total. The number of rotatable bonds is 4. The van der Waals surface area contributed by atoms with Crippen molar-refractivity contribution in [1.29, 1.82) is 0 Å². The van der Waals surface area contributed by atoms with Gasteiger partial charge in [0.05, 0.1) is 4.92 Å². The van der Waals surface area contributed by atoms with E-state index in [4.69, 9.17) is 15.2 Å². The average Bonchev–Trinajstić information content (AvgIpc) is 3.01. The van der Waals surface area contributed by atoms with Gasteiger partial charge in [0.15, 0.2) is 5.79 Å². The van der Waals surface area contributed by atoms with E-state index >= 15 is 0 Å². The average molecular weight is 224 g/mol. The van der Waals surface area contributed by atoms with E-state index in [0.717, 1.165) is 0 Å². The molecule has 1 aliphatic rings. The monoisotopic (exact) mass is 224 g/mol. The number of benzene rings is 1. The van der Waals surface area contributed by atoms with Crippen molar-refractivity contribution in [2.75, 3.05) is 19.5 Å². The van der Waals surface area contributed by atoms with Crippen molar-refractivity contribution in [2.24, 2.45) is 0 Å². The maximum Gasteiger partial charge on any atom is 0.292 e. The lowest BCUT2D eigenvalue weighted by atomic mass is 10.1. The summed E-state index contributed by atoms with van der Waals surface area (Å²) < 4.78 is 10.3. The maximum atomic E-state index is 10.7. The van der Waals surface area contributed by atoms with Gasteiger partial charge in [-0.15, -0.1) is 0 Å². The zero-order valence-electron chi connectivity index (χ0n) is 8.80. The first-order valence-corrected chi connectivity index (χ1v) is 4.79. The molecule has 1 aromatic rings. The Morgan fingerprint density at radius 1 is 1.69 bits per heavy atom. The van der Waals surface area contributed by atoms with Crippen LogP contribution in [-0.2, 0) is 15.9 Å². The summed E-state index contributed by atoms with van der Waals surface area (Å²) in [6.45, 7) is 0.492. The molecule has 0 unspecified atom stereocenters. The summed E-state index contributed by atoms with van der Waals surface area (Å²) in [5, 5.41) is 10.7. The Morgan fingerprint density at radius 3 is 2.88 bits per heavy atom. The summed E-state index contributed by atoms with van der Waals surface area (Å²) in [5.74, 6) is -0.636. The first-order chi connectivity index (χ1) is 7.58. The fourth-order valence-corrected chi connectivity index (χ4v) is 1.58. The number of nitrogens with two attached hydrogens (primary N) is 1. The summed E-state index contributed by atoms with van der Waals surface area (Å²) in [7, 11) is 1.54. The Balaban J connectivity index is 2.28. The third kappa shape index (κ3) is 1.84. The number of hydrogen-bond acceptors (Lipinski definition) is 5. The fourth-order valence-electron chi connectivity index (χ4n) is 1.58. The van der Waals surface area contributed by atoms with Crippen molar-refractivity contribution in [2.45, 2.75) is 12.2 Å². The van der Waals surface area contributed by atoms with Gasteiger partial charge in [0.1, 0.15) is 12.3 Å². The van der Waals surface area contributed by atoms with Crippen LogP contribution in [0.4, 0.5) is 11.4 Å². The van der Waals surface area contributed by atoms with Gasteiger partial charge in [0, 0.05) is 19.6 Å². The largest absolute Gasteiger partial charge is 0.393 e. The number of ether oxygens (including phenoxy) is 2. The van der Waals surface area contributed by atoms with Gasteiger partial charge >= 0.3 is 0 Å². The molecule has 0 amide bonds. The van der Waals surface area contributed by atoms with E-state index in [9.17, 15) is 10.1 Å². The van der Waals surface area contributed by atoms with Crippen LogP contribution < -0.4 is 5.73 Å². The molecular weight excluding hydrogens is 212 g/mol. The SMILES string of the molecule is CO[C@]1(Cc2cccc([N+](=O)[O-])c2N)CO1. The van der Waals surface area contributed by atoms with E-state index in [1.165, 1.54) is 6.07 Å². The number of nitrogen functional groups attached to an aromatic ring is 1. The Bertz CT molecular complexity index is 429. The Morgan fingerprint density at radius 2 is 2.38 bits per heavy atom. The number of nitro benzene ring substituents is 1. The van der Waals surface area contributed by atoms with Gasteiger partial charge in [-0.25, -0.2) is 0 Å². The first kappa shape index (κ1) is 10.8. The molecule has 0 bridgehead atoms. The third-order valence-corrected chi connectivity index (χ3v) is 2.67. The number of para-hydroxylation sites is 1. The normalized spacial score (nSPS) is 23.1. The molecule has 1 atom stereocenters. The minimum absolute atomic E-state index is 0.0793. The summed E-state index contributed by atoms with van der Waals surface area (Å²) in [4.78, 5) is 10.2. The number of anilines is 1. The van der Waals surface area contributed by atoms with Gasteiger partial charge in [-0.3, -0.25) is 10.1 Å². The number of nitro groups is 1. The molecule has 0 aliphatic carbocycles. The smallest absolute Gasteiger partial charge is 0.292 e. The summed E-state index contributed by atoms with van der Waals surface area (Å²) in [6.07, 6.45) is 0.428. The second-order valence-electron chi connectivity index (χ2n) is 3.69. The van der Waals surface area contributed by atoms with Gasteiger partial charge in [-0.1, -0.05) is 12.1 Å². The highest BCUT2D eigenvalue weighted by Crippen LogP contribution is 2.35. The molecule has 86 valence electrons. The Kier molecular flexibility index (Phi) is 2.53. The molecule has 1 aromatic carbocycles. The Hall–Kier alpha value is -1.66. The minimum Gasteiger partial charge on any atom is -0.393 e. The zero-order valence-corrected chi connectivity index (χ0v) is 8.80. The van der Waals surface area contributed by atoms with E-state index in [0.29, 0.717) is 18.6 Å². The van der Waals surface area contributed by atoms with Crippen molar-refractivity contribution in [1.82, 2.24) is 0 Å². The predicted molar refractivity (Wildman–Crippen MR) is 56.9 cm³/mol. The lowest BCUT2D eigenvalue weighted by Gasteiger charge is -2.11. The van der Waals surface area contributed by atoms with Crippen molar-refractivity contribution in [3.63, 3.8) is 0 Å². The molecule has 6 heteroatoms. The molecule has 0 saturated carbocycles. The second-order valence-corrected chi connectivity index (χ2v) is 3.69. The van der Waals surface area contributed by atoms with Crippen LogP contribution in [0.15, 0.2) is 18.2 Å². The van der Waals surface area contributed by atoms with Gasteiger partial charge < -0.3 is 15.2 Å². The van der Waals surface area contributed by atoms with E-state index in [2.05, 4.69) is 0 Å². The van der Waals surface area contributed by atoms with Crippen LogP contribution in [-0.4, -0.2) is 24.4 Å². The lowest BCUT2D eigenvalue weighted by Crippen LogP contribution is -2.18. The molecule has 2 rings (SSSR count). The van der Waals surface area contributed by atoms with Gasteiger partial charge in [-0.05, 0) is 5.56 Å². The van der Waals surface area contributed by atoms with Crippen LogP contribution in [0.2, 0.25) is 0 Å². The number of methoxy groups -OCH3 is 1. The summed E-state index contributed by atoms with van der Waals surface area (Å²) >= 11 is 0. The summed E-state index contributed by atoms with van der Waals surface area (Å²) in [5.41, 5.74) is 6.50. The third-order valence-electron chi connectivity index (χ3n) is 2.67. The van der Waals surface area contributed by atoms with Gasteiger partial charge in [0.2, 0.25) is 0 Å². The quantitative estimate of drug-likeness (QED) is 0.358. The molecule has 6 nitrogen and oxygen atoms in total. The molecule has 0 radical (unpaired) electrons. The van der Waals surface area contributed by atoms with Crippen LogP contribution in [0, 0.1) is 10.1 Å². The minimum atomic E-state index is -0.636. The zero-order chi connectivity index (χ0) is 11.8. The van der Waals surface area contributed by atoms with Crippen LogP contribution in [0.25, 0.3) is 0 Å². The predicted octanol–water partition coefficient (Wildman–Crippen LogP) is 1.09. The Labute approximate surface area is 92.1 Å². The second kappa shape index (κ2) is 3.73. The molecule has 0 spiro atoms. The van der Waals surface area contributed by atoms with Crippen molar-refractivity contribution in [3.05, 3.63) is 33.9 Å². The molecule has 1 fully saturated rings. The van der Waals surface area contributed by atoms with Crippen LogP contribution in [0.3, 0.4) is 0 Å². The van der Waals surface area contributed by atoms with E-state index < -0.39 is 10.7 Å². The highest BCUT2D eigenvalue weighted by atomic mass is 16.8. The molecule has 16 heavy (non-hydrogen) atoms. The number of hydrogen-bond donors (Lipinski definition) is 1. The molecule has 1 saturated heterocycles. The maximum absolute atomic E-state index is 10.7. The van der Waals surface area contributed by atoms with Crippen molar-refractivity contribution < 1.29 is 14.4 Å². The standard InChI is InChI=1S/C10H12N2O4/c1-15-10(6-16-10)5-7-3-2-4-8(9(7)11)12(13)14/h2-4H,5-6,11H2,1H3/t10-/m0/s1. The van der Waals surface area contributed by atoms with Crippen molar-refractivity contribution >= 4 is 11.4 Å². The van der Waals surface area contributed by atoms with Gasteiger partial charge in [0.25, 0.3) is 5.69 Å². The van der Waals surface area contributed by atoms with E-state index in [1.807, 2.05) is 0 Å². The molecule has 1 aliphatic heterocycles. The molecule has 1 heterocycles. The van der Waals surface area contributed by atoms with Crippen molar-refractivity contribution in [3.8, 4) is 0 Å². The number of nitrogens with zero attached hydrogens (tertiary/aromatic N) is 1. The lowest BCUT2D eigenvalue weighted by molar-refractivity contribution is -0.383. The first-order valence-electron chi connectivity index (χ1n) is 4.79. The topological polar surface area (TPSA) is 90.9 Å². The van der Waals surface area contributed by atoms with Gasteiger partial charge in [-0.2, -0.15) is 0 Å². The van der Waals surface area contributed by atoms with Crippen LogP contribution >= 0.6 is 0 Å². The summed E-state index contributed by atoms with van der Waals surface area (Å²) in [6, 6.07) is 4.73. The molecule has 0 aromatic heterocycles. The van der Waals surface area contributed by atoms with Crippen LogP contribution in [0.1, 0.15) is 5.56 Å². The fraction of sp³-hybridized carbons (Fsp3) is 0.400. The van der Waals surface area contributed by atoms with Crippen LogP contribution in [0.5, 0.6) is 0 Å². The highest BCUT2D eigenvalue weighted by Gasteiger charge is 2.45. The van der Waals surface area contributed by atoms with E-state index in [-0.39, 0.29) is 11.4 Å². The molecular formula is C10H12N2O4.